The van der Waals surface area contributed by atoms with Gasteiger partial charge in [0.05, 0.1) is 0 Å². The molecule has 0 bridgehead atoms. The fourth-order valence-corrected chi connectivity index (χ4v) is 6.26. The van der Waals surface area contributed by atoms with Crippen LogP contribution in [-0.4, -0.2) is 28.6 Å². The fourth-order valence-electron chi connectivity index (χ4n) is 3.58. The topological polar surface area (TPSA) is 27.7 Å². The first kappa shape index (κ1) is 28.0. The standard InChI is InChI=1S/C22H35F5O3Si/c1-4-28-31(29-5-2,30-6-3)16-14-12-10-8-7-9-11-13-15-17-18(23)20(25)22(27)21(26)19(17)24/h4-16H2,1-3H3. The van der Waals surface area contributed by atoms with Crippen LogP contribution in [0.4, 0.5) is 22.0 Å². The smallest absolute Gasteiger partial charge is 0.374 e. The van der Waals surface area contributed by atoms with E-state index in [9.17, 15) is 22.0 Å². The van der Waals surface area contributed by atoms with Crippen molar-refractivity contribution >= 4 is 8.80 Å². The highest BCUT2D eigenvalue weighted by Gasteiger charge is 2.39. The highest BCUT2D eigenvalue weighted by atomic mass is 28.4. The van der Waals surface area contributed by atoms with Gasteiger partial charge in [-0.1, -0.05) is 38.5 Å². The van der Waals surface area contributed by atoms with E-state index in [4.69, 9.17) is 13.3 Å². The maximum atomic E-state index is 13.6. The van der Waals surface area contributed by atoms with Crippen LogP contribution in [0.15, 0.2) is 0 Å². The summed E-state index contributed by atoms with van der Waals surface area (Å²) < 4.78 is 84.2. The molecule has 1 aromatic rings. The molecule has 3 nitrogen and oxygen atoms in total. The van der Waals surface area contributed by atoms with E-state index in [1.807, 2.05) is 20.8 Å². The Morgan fingerprint density at radius 2 is 0.871 bits per heavy atom. The van der Waals surface area contributed by atoms with E-state index < -0.39 is 43.5 Å². The van der Waals surface area contributed by atoms with Crippen molar-refractivity contribution in [1.29, 1.82) is 0 Å². The highest BCUT2D eigenvalue weighted by molar-refractivity contribution is 6.60. The fraction of sp³-hybridized carbons (Fsp3) is 0.727. The summed E-state index contributed by atoms with van der Waals surface area (Å²) in [6.45, 7) is 7.51. The molecule has 1 aromatic carbocycles. The van der Waals surface area contributed by atoms with Gasteiger partial charge < -0.3 is 13.3 Å². The molecular formula is C22H35F5O3Si. The molecule has 0 radical (unpaired) electrons. The van der Waals surface area contributed by atoms with E-state index in [0.717, 1.165) is 44.6 Å². The minimum absolute atomic E-state index is 0.162. The quantitative estimate of drug-likeness (QED) is 0.0799. The second-order valence-corrected chi connectivity index (χ2v) is 10.1. The minimum atomic E-state index is -2.57. The zero-order chi connectivity index (χ0) is 23.3. The Labute approximate surface area is 183 Å². The zero-order valence-electron chi connectivity index (χ0n) is 18.8. The van der Waals surface area contributed by atoms with Crippen molar-refractivity contribution in [3.05, 3.63) is 34.6 Å². The molecule has 0 unspecified atom stereocenters. The van der Waals surface area contributed by atoms with E-state index in [0.29, 0.717) is 32.7 Å². The van der Waals surface area contributed by atoms with Crippen molar-refractivity contribution in [3.8, 4) is 0 Å². The van der Waals surface area contributed by atoms with Crippen LogP contribution in [0.25, 0.3) is 0 Å². The molecule has 0 atom stereocenters. The van der Waals surface area contributed by atoms with Gasteiger partial charge in [0.1, 0.15) is 0 Å². The van der Waals surface area contributed by atoms with Gasteiger partial charge in [-0.25, -0.2) is 22.0 Å². The molecular weight excluding hydrogens is 435 g/mol. The normalized spacial score (nSPS) is 12.0. The summed E-state index contributed by atoms with van der Waals surface area (Å²) in [5, 5.41) is 0. The largest absolute Gasteiger partial charge is 0.500 e. The predicted molar refractivity (Wildman–Crippen MR) is 112 cm³/mol. The Hall–Kier alpha value is -1.03. The van der Waals surface area contributed by atoms with E-state index in [2.05, 4.69) is 0 Å². The van der Waals surface area contributed by atoms with Gasteiger partial charge in [0.15, 0.2) is 23.3 Å². The second kappa shape index (κ2) is 14.9. The molecule has 0 aliphatic heterocycles. The molecule has 0 aromatic heterocycles. The second-order valence-electron chi connectivity index (χ2n) is 7.36. The molecule has 0 heterocycles. The summed E-state index contributed by atoms with van der Waals surface area (Å²) >= 11 is 0. The first-order valence-electron chi connectivity index (χ1n) is 11.3. The van der Waals surface area contributed by atoms with Crippen LogP contribution in [0.1, 0.15) is 77.7 Å². The number of hydrogen-bond acceptors (Lipinski definition) is 3. The maximum absolute atomic E-state index is 13.6. The Kier molecular flexibility index (Phi) is 13.5. The molecule has 0 spiro atoms. The monoisotopic (exact) mass is 470 g/mol. The molecule has 1 rings (SSSR count). The Morgan fingerprint density at radius 1 is 0.516 bits per heavy atom. The van der Waals surface area contributed by atoms with Crippen LogP contribution >= 0.6 is 0 Å². The van der Waals surface area contributed by atoms with Gasteiger partial charge in [0, 0.05) is 31.4 Å². The molecule has 0 saturated heterocycles. The van der Waals surface area contributed by atoms with Gasteiger partial charge in [0.2, 0.25) is 5.82 Å². The van der Waals surface area contributed by atoms with E-state index in [1.165, 1.54) is 0 Å². The molecule has 0 fully saturated rings. The highest BCUT2D eigenvalue weighted by Crippen LogP contribution is 2.25. The van der Waals surface area contributed by atoms with Crippen LogP contribution in [0.2, 0.25) is 6.04 Å². The lowest BCUT2D eigenvalue weighted by Gasteiger charge is -2.28. The predicted octanol–water partition coefficient (Wildman–Crippen LogP) is 7.09. The molecule has 0 saturated carbocycles. The first-order valence-corrected chi connectivity index (χ1v) is 13.2. The van der Waals surface area contributed by atoms with Crippen LogP contribution in [0.5, 0.6) is 0 Å². The Morgan fingerprint density at radius 3 is 1.29 bits per heavy atom. The molecule has 0 aliphatic rings. The van der Waals surface area contributed by atoms with Crippen LogP contribution < -0.4 is 0 Å². The third-order valence-electron chi connectivity index (χ3n) is 5.05. The Bertz CT molecular complexity index is 614. The lowest BCUT2D eigenvalue weighted by atomic mass is 10.0. The van der Waals surface area contributed by atoms with Gasteiger partial charge in [-0.2, -0.15) is 0 Å². The number of benzene rings is 1. The SMILES string of the molecule is CCO[Si](CCCCCCCCCCc1c(F)c(F)c(F)c(F)c1F)(OCC)OCC. The summed E-state index contributed by atoms with van der Waals surface area (Å²) in [7, 11) is -2.57. The van der Waals surface area contributed by atoms with Gasteiger partial charge in [-0.15, -0.1) is 0 Å². The van der Waals surface area contributed by atoms with E-state index in [-0.39, 0.29) is 6.42 Å². The average Bonchev–Trinajstić information content (AvgIpc) is 2.75. The average molecular weight is 471 g/mol. The molecule has 180 valence electrons. The van der Waals surface area contributed by atoms with Crippen LogP contribution in [0.3, 0.4) is 0 Å². The number of hydrogen-bond donors (Lipinski definition) is 0. The first-order chi connectivity index (χ1) is 14.8. The summed E-state index contributed by atoms with van der Waals surface area (Å²) in [6, 6.07) is 0.796. The third kappa shape index (κ3) is 8.79. The van der Waals surface area contributed by atoms with Gasteiger partial charge >= 0.3 is 8.80 Å². The molecule has 0 amide bonds. The summed E-state index contributed by atoms with van der Waals surface area (Å²) in [4.78, 5) is 0. The van der Waals surface area contributed by atoms with Gasteiger partial charge in [-0.3, -0.25) is 0 Å². The molecule has 0 aliphatic carbocycles. The number of halogens is 5. The summed E-state index contributed by atoms with van der Waals surface area (Å²) in [5.74, 6) is -9.30. The number of rotatable bonds is 17. The maximum Gasteiger partial charge on any atom is 0.500 e. The van der Waals surface area contributed by atoms with Crippen molar-refractivity contribution < 1.29 is 35.2 Å². The van der Waals surface area contributed by atoms with Crippen LogP contribution in [0, 0.1) is 29.1 Å². The lowest BCUT2D eigenvalue weighted by molar-refractivity contribution is 0.0706. The van der Waals surface area contributed by atoms with E-state index in [1.54, 1.807) is 0 Å². The lowest BCUT2D eigenvalue weighted by Crippen LogP contribution is -2.45. The van der Waals surface area contributed by atoms with Crippen molar-refractivity contribution in [3.63, 3.8) is 0 Å². The van der Waals surface area contributed by atoms with Gasteiger partial charge in [0.25, 0.3) is 0 Å². The van der Waals surface area contributed by atoms with Gasteiger partial charge in [-0.05, 0) is 40.0 Å². The van der Waals surface area contributed by atoms with E-state index >= 15 is 0 Å². The summed E-state index contributed by atoms with van der Waals surface area (Å²) in [6.07, 6.45) is 6.77. The zero-order valence-corrected chi connectivity index (χ0v) is 19.8. The molecule has 0 N–H and O–H groups in total. The molecule has 9 heteroatoms. The van der Waals surface area contributed by atoms with Crippen molar-refractivity contribution in [2.75, 3.05) is 19.8 Å². The molecule has 31 heavy (non-hydrogen) atoms. The Balaban J connectivity index is 2.24. The van der Waals surface area contributed by atoms with Crippen molar-refractivity contribution in [2.24, 2.45) is 0 Å². The summed E-state index contributed by atoms with van der Waals surface area (Å²) in [5.41, 5.74) is -0.720. The van der Waals surface area contributed by atoms with Crippen molar-refractivity contribution in [1.82, 2.24) is 0 Å². The number of unbranched alkanes of at least 4 members (excludes halogenated alkanes) is 7. The van der Waals surface area contributed by atoms with Crippen LogP contribution in [-0.2, 0) is 19.7 Å². The van der Waals surface area contributed by atoms with Crippen molar-refractivity contribution in [2.45, 2.75) is 84.6 Å². The third-order valence-corrected chi connectivity index (χ3v) is 8.20. The minimum Gasteiger partial charge on any atom is -0.374 e.